The second kappa shape index (κ2) is 8.02. The number of aliphatic carboxylic acids is 1. The summed E-state index contributed by atoms with van der Waals surface area (Å²) in [6.45, 7) is 11.0. The highest BCUT2D eigenvalue weighted by Gasteiger charge is 2.60. The zero-order valence-electron chi connectivity index (χ0n) is 18.6. The third kappa shape index (κ3) is 3.73. The Morgan fingerprint density at radius 1 is 1.24 bits per heavy atom. The van der Waals surface area contributed by atoms with Crippen molar-refractivity contribution >= 4 is 11.8 Å². The van der Waals surface area contributed by atoms with Crippen molar-refractivity contribution in [2.75, 3.05) is 0 Å². The predicted molar refractivity (Wildman–Crippen MR) is 114 cm³/mol. The Kier molecular flexibility index (Phi) is 6.16. The minimum atomic E-state index is -0.745. The summed E-state index contributed by atoms with van der Waals surface area (Å²) in [6, 6.07) is 0. The molecule has 0 bridgehead atoms. The molecule has 0 radical (unpaired) electrons. The highest BCUT2D eigenvalue weighted by molar-refractivity contribution is 6.01. The Balaban J connectivity index is 0.000000431. The molecule has 3 fully saturated rings. The molecule has 4 nitrogen and oxygen atoms in total. The van der Waals surface area contributed by atoms with Gasteiger partial charge in [0.15, 0.2) is 5.78 Å². The number of carbonyl (C=O) groups is 2. The van der Waals surface area contributed by atoms with Crippen LogP contribution in [0.15, 0.2) is 23.8 Å². The molecule has 0 heterocycles. The van der Waals surface area contributed by atoms with Crippen molar-refractivity contribution in [3.63, 3.8) is 0 Å². The molecule has 2 N–H and O–H groups in total. The van der Waals surface area contributed by atoms with Crippen LogP contribution < -0.4 is 0 Å². The van der Waals surface area contributed by atoms with Gasteiger partial charge in [-0.15, -0.1) is 0 Å². The number of rotatable bonds is 1. The molecule has 0 aliphatic heterocycles. The predicted octanol–water partition coefficient (Wildman–Crippen LogP) is 5.02. The minimum Gasteiger partial charge on any atom is -0.481 e. The van der Waals surface area contributed by atoms with Gasteiger partial charge >= 0.3 is 5.97 Å². The maximum Gasteiger partial charge on any atom is 0.303 e. The molecule has 4 heteroatoms. The largest absolute Gasteiger partial charge is 0.481 e. The Morgan fingerprint density at radius 2 is 1.90 bits per heavy atom. The first-order valence-electron chi connectivity index (χ1n) is 11.4. The Morgan fingerprint density at radius 3 is 2.52 bits per heavy atom. The van der Waals surface area contributed by atoms with Gasteiger partial charge in [-0.05, 0) is 60.5 Å². The molecule has 4 aliphatic carbocycles. The van der Waals surface area contributed by atoms with Crippen molar-refractivity contribution in [2.24, 2.45) is 40.4 Å². The van der Waals surface area contributed by atoms with Crippen LogP contribution in [0.5, 0.6) is 0 Å². The number of carboxylic acid groups (broad SMARTS) is 1. The molecular weight excluding hydrogens is 364 g/mol. The van der Waals surface area contributed by atoms with E-state index in [1.54, 1.807) is 13.0 Å². The first-order valence-corrected chi connectivity index (χ1v) is 11.4. The van der Waals surface area contributed by atoms with Gasteiger partial charge in [0.1, 0.15) is 0 Å². The smallest absolute Gasteiger partial charge is 0.303 e. The van der Waals surface area contributed by atoms with E-state index in [0.717, 1.165) is 18.8 Å². The third-order valence-electron chi connectivity index (χ3n) is 8.83. The van der Waals surface area contributed by atoms with E-state index < -0.39 is 5.97 Å². The summed E-state index contributed by atoms with van der Waals surface area (Å²) in [5.41, 5.74) is 1.41. The van der Waals surface area contributed by atoms with Crippen molar-refractivity contribution in [3.8, 4) is 0 Å². The van der Waals surface area contributed by atoms with E-state index in [4.69, 9.17) is 5.11 Å². The van der Waals surface area contributed by atoms with Crippen molar-refractivity contribution in [3.05, 3.63) is 23.8 Å². The van der Waals surface area contributed by atoms with Crippen LogP contribution in [0.25, 0.3) is 0 Å². The topological polar surface area (TPSA) is 74.6 Å². The zero-order chi connectivity index (χ0) is 21.6. The zero-order valence-corrected chi connectivity index (χ0v) is 18.6. The number of hydrogen-bond acceptors (Lipinski definition) is 3. The van der Waals surface area contributed by atoms with E-state index >= 15 is 0 Å². The van der Waals surface area contributed by atoms with Crippen molar-refractivity contribution in [1.82, 2.24) is 0 Å². The lowest BCUT2D eigenvalue weighted by molar-refractivity contribution is -0.152. The Labute approximate surface area is 175 Å². The van der Waals surface area contributed by atoms with Gasteiger partial charge < -0.3 is 10.2 Å². The summed E-state index contributed by atoms with van der Waals surface area (Å²) in [5, 5.41) is 19.0. The lowest BCUT2D eigenvalue weighted by Crippen LogP contribution is -2.59. The SMILES string of the molecule is CC1CCC[C@H]2C3C[C@H](C)C4=CC(=O)C=CC4(C)[C@H]3C(O)CC12C.CCC(=O)O. The summed E-state index contributed by atoms with van der Waals surface area (Å²) in [4.78, 5) is 21.3. The van der Waals surface area contributed by atoms with E-state index in [1.165, 1.54) is 24.8 Å². The van der Waals surface area contributed by atoms with Crippen LogP contribution in [0.3, 0.4) is 0 Å². The van der Waals surface area contributed by atoms with Crippen LogP contribution in [0.2, 0.25) is 0 Å². The first-order chi connectivity index (χ1) is 13.5. The molecule has 0 saturated heterocycles. The molecular formula is C25H38O4. The molecule has 4 aliphatic rings. The van der Waals surface area contributed by atoms with Crippen LogP contribution in [0.4, 0.5) is 0 Å². The van der Waals surface area contributed by atoms with Gasteiger partial charge in [0, 0.05) is 17.8 Å². The molecule has 4 rings (SSSR count). The molecule has 3 saturated carbocycles. The summed E-state index contributed by atoms with van der Waals surface area (Å²) in [6.07, 6.45) is 11.7. The molecule has 0 aromatic carbocycles. The standard InChI is InChI=1S/C22H32O2.C3H6O2/c1-13-10-16-17-7-5-6-14(2)22(17,4)12-19(24)20(16)21(3)9-8-15(23)11-18(13)21;1-2-3(4)5/h8-9,11,13-14,16-17,19-20,24H,5-7,10,12H2,1-4H3;2H2,1H3,(H,4,5)/t13-,14?,16?,17-,19?,20+,21?,22?;/m0./s1. The van der Waals surface area contributed by atoms with E-state index in [-0.39, 0.29) is 35.1 Å². The van der Waals surface area contributed by atoms with Gasteiger partial charge in [0.05, 0.1) is 6.10 Å². The second-order valence-corrected chi connectivity index (χ2v) is 10.4. The van der Waals surface area contributed by atoms with Crippen molar-refractivity contribution in [2.45, 2.75) is 79.2 Å². The second-order valence-electron chi connectivity index (χ2n) is 10.4. The van der Waals surface area contributed by atoms with Crippen LogP contribution in [-0.2, 0) is 9.59 Å². The lowest BCUT2D eigenvalue weighted by Gasteiger charge is -2.63. The van der Waals surface area contributed by atoms with Gasteiger partial charge in [-0.1, -0.05) is 59.1 Å². The summed E-state index contributed by atoms with van der Waals surface area (Å²) in [7, 11) is 0. The number of aliphatic hydroxyl groups excluding tert-OH is 1. The molecule has 0 spiro atoms. The minimum absolute atomic E-state index is 0.120. The highest BCUT2D eigenvalue weighted by atomic mass is 16.4. The number of allylic oxidation sites excluding steroid dienone is 4. The molecule has 0 aromatic rings. The van der Waals surface area contributed by atoms with Gasteiger partial charge in [0.2, 0.25) is 0 Å². The van der Waals surface area contributed by atoms with E-state index in [1.807, 2.05) is 6.08 Å². The number of carboxylic acids is 1. The monoisotopic (exact) mass is 402 g/mol. The van der Waals surface area contributed by atoms with Crippen molar-refractivity contribution in [1.29, 1.82) is 0 Å². The van der Waals surface area contributed by atoms with E-state index in [0.29, 0.717) is 17.8 Å². The summed E-state index contributed by atoms with van der Waals surface area (Å²) in [5.74, 6) is 2.09. The van der Waals surface area contributed by atoms with Crippen molar-refractivity contribution < 1.29 is 19.8 Å². The average Bonchev–Trinajstić information content (AvgIpc) is 2.64. The number of ketones is 1. The fourth-order valence-electron chi connectivity index (χ4n) is 7.21. The molecule has 5 unspecified atom stereocenters. The molecule has 8 atom stereocenters. The number of fused-ring (bicyclic) bond motifs is 5. The van der Waals surface area contributed by atoms with Gasteiger partial charge in [-0.2, -0.15) is 0 Å². The average molecular weight is 403 g/mol. The normalized spacial score (nSPS) is 45.7. The summed E-state index contributed by atoms with van der Waals surface area (Å²) < 4.78 is 0. The van der Waals surface area contributed by atoms with Gasteiger partial charge in [0.25, 0.3) is 0 Å². The molecule has 162 valence electrons. The Bertz CT molecular complexity index is 722. The maximum absolute atomic E-state index is 11.9. The molecule has 29 heavy (non-hydrogen) atoms. The number of aliphatic hydroxyl groups is 1. The molecule has 0 aromatic heterocycles. The quantitative estimate of drug-likeness (QED) is 0.646. The summed E-state index contributed by atoms with van der Waals surface area (Å²) >= 11 is 0. The van der Waals surface area contributed by atoms with Crippen LogP contribution in [0, 0.1) is 40.4 Å². The van der Waals surface area contributed by atoms with E-state index in [2.05, 4.69) is 33.8 Å². The molecule has 0 amide bonds. The number of carbonyl (C=O) groups excluding carboxylic acids is 1. The maximum atomic E-state index is 11.9. The van der Waals surface area contributed by atoms with Gasteiger partial charge in [-0.25, -0.2) is 0 Å². The highest BCUT2D eigenvalue weighted by Crippen LogP contribution is 2.65. The van der Waals surface area contributed by atoms with E-state index in [9.17, 15) is 14.7 Å². The van der Waals surface area contributed by atoms with Gasteiger partial charge in [-0.3, -0.25) is 9.59 Å². The third-order valence-corrected chi connectivity index (χ3v) is 8.83. The lowest BCUT2D eigenvalue weighted by atomic mass is 9.42. The fraction of sp³-hybridized carbons (Fsp3) is 0.760. The van der Waals surface area contributed by atoms with Crippen LogP contribution in [0.1, 0.15) is 73.1 Å². The number of hydrogen-bond donors (Lipinski definition) is 2. The Hall–Kier alpha value is -1.42. The fourth-order valence-corrected chi connectivity index (χ4v) is 7.21. The van der Waals surface area contributed by atoms with Crippen LogP contribution >= 0.6 is 0 Å². The van der Waals surface area contributed by atoms with Crippen LogP contribution in [-0.4, -0.2) is 28.1 Å². The first kappa shape index (κ1) is 22.3.